The number of aromatic nitrogens is 1. The Hall–Kier alpha value is -0.930. The standard InChI is InChI=1S/C11H18NO2/c1-11-4-3-5-12(10-11)6-7-14-9-8-13-2/h3-5,10H,6-9H2,1-2H3/q+1. The van der Waals surface area contributed by atoms with Gasteiger partial charge in [0, 0.05) is 18.7 Å². The molecular weight excluding hydrogens is 178 g/mol. The summed E-state index contributed by atoms with van der Waals surface area (Å²) in [5, 5.41) is 0. The molecule has 0 saturated carbocycles. The van der Waals surface area contributed by atoms with Crippen molar-refractivity contribution in [3.05, 3.63) is 30.1 Å². The van der Waals surface area contributed by atoms with Gasteiger partial charge in [0.25, 0.3) is 0 Å². The Balaban J connectivity index is 2.18. The van der Waals surface area contributed by atoms with Crippen LogP contribution in [0, 0.1) is 6.92 Å². The molecule has 1 aromatic rings. The van der Waals surface area contributed by atoms with E-state index in [-0.39, 0.29) is 0 Å². The van der Waals surface area contributed by atoms with Crippen LogP contribution >= 0.6 is 0 Å². The van der Waals surface area contributed by atoms with Crippen LogP contribution in [0.4, 0.5) is 0 Å². The lowest BCUT2D eigenvalue weighted by molar-refractivity contribution is -0.698. The lowest BCUT2D eigenvalue weighted by Crippen LogP contribution is -2.35. The molecule has 0 aliphatic heterocycles. The highest BCUT2D eigenvalue weighted by Gasteiger charge is 1.99. The number of ether oxygens (including phenoxy) is 2. The van der Waals surface area contributed by atoms with Crippen LogP contribution in [0.1, 0.15) is 5.56 Å². The summed E-state index contributed by atoms with van der Waals surface area (Å²) in [6.45, 7) is 5.05. The van der Waals surface area contributed by atoms with E-state index in [0.29, 0.717) is 13.2 Å². The fourth-order valence-electron chi connectivity index (χ4n) is 1.21. The Kier molecular flexibility index (Phi) is 5.19. The van der Waals surface area contributed by atoms with Crippen LogP contribution in [-0.2, 0) is 16.0 Å². The first kappa shape index (κ1) is 11.1. The molecule has 0 aliphatic rings. The number of aryl methyl sites for hydroxylation is 1. The topological polar surface area (TPSA) is 22.3 Å². The molecule has 1 heterocycles. The minimum Gasteiger partial charge on any atom is -0.382 e. The predicted molar refractivity (Wildman–Crippen MR) is 54.1 cm³/mol. The van der Waals surface area contributed by atoms with E-state index in [2.05, 4.69) is 23.8 Å². The molecule has 14 heavy (non-hydrogen) atoms. The smallest absolute Gasteiger partial charge is 0.171 e. The number of methoxy groups -OCH3 is 1. The summed E-state index contributed by atoms with van der Waals surface area (Å²) in [5.74, 6) is 0. The monoisotopic (exact) mass is 196 g/mol. The van der Waals surface area contributed by atoms with Crippen LogP contribution in [0.2, 0.25) is 0 Å². The fourth-order valence-corrected chi connectivity index (χ4v) is 1.21. The van der Waals surface area contributed by atoms with Crippen molar-refractivity contribution in [2.24, 2.45) is 0 Å². The maximum atomic E-state index is 5.37. The molecule has 0 aromatic carbocycles. The summed E-state index contributed by atoms with van der Waals surface area (Å²) in [6.07, 6.45) is 4.16. The second-order valence-electron chi connectivity index (χ2n) is 3.22. The molecule has 0 spiro atoms. The van der Waals surface area contributed by atoms with Gasteiger partial charge in [-0.25, -0.2) is 4.57 Å². The summed E-state index contributed by atoms with van der Waals surface area (Å²) < 4.78 is 12.4. The van der Waals surface area contributed by atoms with Crippen molar-refractivity contribution in [1.82, 2.24) is 0 Å². The van der Waals surface area contributed by atoms with E-state index < -0.39 is 0 Å². The normalized spacial score (nSPS) is 10.4. The second kappa shape index (κ2) is 6.51. The van der Waals surface area contributed by atoms with Gasteiger partial charge in [0.05, 0.1) is 13.2 Å². The van der Waals surface area contributed by atoms with E-state index in [1.165, 1.54) is 5.56 Å². The van der Waals surface area contributed by atoms with Crippen LogP contribution in [-0.4, -0.2) is 26.9 Å². The highest BCUT2D eigenvalue weighted by molar-refractivity contribution is 5.01. The van der Waals surface area contributed by atoms with Gasteiger partial charge in [-0.2, -0.15) is 0 Å². The van der Waals surface area contributed by atoms with Gasteiger partial charge in [-0.1, -0.05) is 0 Å². The maximum absolute atomic E-state index is 5.37. The van der Waals surface area contributed by atoms with Gasteiger partial charge in [0.2, 0.25) is 0 Å². The zero-order valence-corrected chi connectivity index (χ0v) is 8.90. The second-order valence-corrected chi connectivity index (χ2v) is 3.22. The lowest BCUT2D eigenvalue weighted by atomic mass is 10.3. The van der Waals surface area contributed by atoms with Crippen molar-refractivity contribution in [1.29, 1.82) is 0 Å². The molecule has 0 N–H and O–H groups in total. The molecule has 0 saturated heterocycles. The van der Waals surface area contributed by atoms with E-state index >= 15 is 0 Å². The third-order valence-electron chi connectivity index (χ3n) is 1.93. The molecule has 0 amide bonds. The van der Waals surface area contributed by atoms with Gasteiger partial charge in [-0.05, 0) is 13.0 Å². The molecule has 1 aromatic heterocycles. The SMILES string of the molecule is COCCOCC[n+]1cccc(C)c1. The van der Waals surface area contributed by atoms with E-state index in [1.54, 1.807) is 7.11 Å². The molecule has 3 heteroatoms. The summed E-state index contributed by atoms with van der Waals surface area (Å²) in [4.78, 5) is 0. The van der Waals surface area contributed by atoms with Gasteiger partial charge >= 0.3 is 0 Å². The molecule has 0 fully saturated rings. The Morgan fingerprint density at radius 2 is 2.14 bits per heavy atom. The minimum atomic E-state index is 0.665. The van der Waals surface area contributed by atoms with Crippen molar-refractivity contribution in [2.45, 2.75) is 13.5 Å². The average Bonchev–Trinajstić information content (AvgIpc) is 2.18. The molecular formula is C11H18NO2+. The quantitative estimate of drug-likeness (QED) is 0.499. The van der Waals surface area contributed by atoms with Gasteiger partial charge in [-0.3, -0.25) is 0 Å². The third-order valence-corrected chi connectivity index (χ3v) is 1.93. The fraction of sp³-hybridized carbons (Fsp3) is 0.545. The van der Waals surface area contributed by atoms with Crippen LogP contribution in [0.25, 0.3) is 0 Å². The number of rotatable bonds is 6. The Labute approximate surface area is 85.3 Å². The number of nitrogens with zero attached hydrogens (tertiary/aromatic N) is 1. The first-order chi connectivity index (χ1) is 6.83. The largest absolute Gasteiger partial charge is 0.382 e. The molecule has 0 atom stereocenters. The van der Waals surface area contributed by atoms with Gasteiger partial charge in [0.1, 0.15) is 6.61 Å². The highest BCUT2D eigenvalue weighted by atomic mass is 16.5. The number of pyridine rings is 1. The Morgan fingerprint density at radius 1 is 1.29 bits per heavy atom. The lowest BCUT2D eigenvalue weighted by Gasteiger charge is -2.01. The third kappa shape index (κ3) is 4.35. The van der Waals surface area contributed by atoms with Crippen molar-refractivity contribution < 1.29 is 14.0 Å². The highest BCUT2D eigenvalue weighted by Crippen LogP contribution is 1.89. The molecule has 0 bridgehead atoms. The minimum absolute atomic E-state index is 0.665. The van der Waals surface area contributed by atoms with Crippen molar-refractivity contribution in [2.75, 3.05) is 26.9 Å². The predicted octanol–water partition coefficient (Wildman–Crippen LogP) is 0.946. The van der Waals surface area contributed by atoms with E-state index in [9.17, 15) is 0 Å². The van der Waals surface area contributed by atoms with Crippen molar-refractivity contribution >= 4 is 0 Å². The van der Waals surface area contributed by atoms with E-state index in [4.69, 9.17) is 9.47 Å². The van der Waals surface area contributed by atoms with Crippen LogP contribution < -0.4 is 4.57 Å². The van der Waals surface area contributed by atoms with Crippen LogP contribution in [0.5, 0.6) is 0 Å². The average molecular weight is 196 g/mol. The van der Waals surface area contributed by atoms with Gasteiger partial charge < -0.3 is 9.47 Å². The molecule has 0 aliphatic carbocycles. The Bertz CT molecular complexity index is 263. The molecule has 0 radical (unpaired) electrons. The number of hydrogen-bond donors (Lipinski definition) is 0. The maximum Gasteiger partial charge on any atom is 0.171 e. The first-order valence-corrected chi connectivity index (χ1v) is 4.85. The van der Waals surface area contributed by atoms with Crippen LogP contribution in [0.3, 0.4) is 0 Å². The zero-order chi connectivity index (χ0) is 10.2. The van der Waals surface area contributed by atoms with Crippen LogP contribution in [0.15, 0.2) is 24.5 Å². The van der Waals surface area contributed by atoms with Crippen molar-refractivity contribution in [3.63, 3.8) is 0 Å². The summed E-state index contributed by atoms with van der Waals surface area (Å²) in [7, 11) is 1.68. The molecule has 78 valence electrons. The van der Waals surface area contributed by atoms with E-state index in [0.717, 1.165) is 13.2 Å². The van der Waals surface area contributed by atoms with Crippen molar-refractivity contribution in [3.8, 4) is 0 Å². The number of hydrogen-bond acceptors (Lipinski definition) is 2. The van der Waals surface area contributed by atoms with Gasteiger partial charge in [-0.15, -0.1) is 0 Å². The Morgan fingerprint density at radius 3 is 2.86 bits per heavy atom. The summed E-state index contributed by atoms with van der Waals surface area (Å²) >= 11 is 0. The zero-order valence-electron chi connectivity index (χ0n) is 8.90. The van der Waals surface area contributed by atoms with E-state index in [1.807, 2.05) is 12.3 Å². The van der Waals surface area contributed by atoms with Gasteiger partial charge in [0.15, 0.2) is 18.9 Å². The first-order valence-electron chi connectivity index (χ1n) is 4.85. The summed E-state index contributed by atoms with van der Waals surface area (Å²) in [5.41, 5.74) is 1.27. The molecule has 3 nitrogen and oxygen atoms in total. The molecule has 0 unspecified atom stereocenters. The summed E-state index contributed by atoms with van der Waals surface area (Å²) in [6, 6.07) is 4.13. The molecule has 1 rings (SSSR count).